The first-order valence-corrected chi connectivity index (χ1v) is 6.93. The molecule has 2 aliphatic rings. The van der Waals surface area contributed by atoms with Gasteiger partial charge in [0, 0.05) is 6.42 Å². The number of carbonyl (C=O) groups is 1. The van der Waals surface area contributed by atoms with E-state index in [1.165, 1.54) is 0 Å². The zero-order chi connectivity index (χ0) is 14.4. The largest absolute Gasteiger partial charge is 0.478 e. The van der Waals surface area contributed by atoms with Crippen LogP contribution in [0.25, 0.3) is 16.8 Å². The zero-order valence-corrected chi connectivity index (χ0v) is 11.3. The Balaban J connectivity index is 1.84. The van der Waals surface area contributed by atoms with Crippen LogP contribution in [0.5, 0.6) is 0 Å². The van der Waals surface area contributed by atoms with Crippen molar-refractivity contribution in [2.75, 3.05) is 13.2 Å². The Morgan fingerprint density at radius 2 is 1.95 bits per heavy atom. The van der Waals surface area contributed by atoms with Crippen LogP contribution < -0.4 is 0 Å². The van der Waals surface area contributed by atoms with Gasteiger partial charge in [-0.2, -0.15) is 0 Å². The van der Waals surface area contributed by atoms with E-state index < -0.39 is 11.8 Å². The summed E-state index contributed by atoms with van der Waals surface area (Å²) < 4.78 is 11.4. The Labute approximate surface area is 121 Å². The molecule has 0 bridgehead atoms. The minimum atomic E-state index is -0.906. The third kappa shape index (κ3) is 1.95. The first-order valence-electron chi connectivity index (χ1n) is 6.93. The average Bonchev–Trinajstić information content (AvgIpc) is 2.94. The standard InChI is InChI=1S/C17H14O4/c18-16(19)12-3-4-14-11(9-12)1-2-13-10-17(6-5-15(13)14)20-7-8-21-17/h1-6,9H,7-8,10H2,(H,18,19). The summed E-state index contributed by atoms with van der Waals surface area (Å²) in [5, 5.41) is 11.1. The Morgan fingerprint density at radius 3 is 2.71 bits per heavy atom. The van der Waals surface area contributed by atoms with Crippen LogP contribution in [0.4, 0.5) is 0 Å². The highest BCUT2D eigenvalue weighted by molar-refractivity contribution is 5.98. The minimum Gasteiger partial charge on any atom is -0.478 e. The maximum Gasteiger partial charge on any atom is 0.335 e. The van der Waals surface area contributed by atoms with Crippen molar-refractivity contribution in [3.05, 3.63) is 53.1 Å². The molecular weight excluding hydrogens is 268 g/mol. The quantitative estimate of drug-likeness (QED) is 0.873. The maximum absolute atomic E-state index is 11.1. The molecule has 0 aromatic heterocycles. The van der Waals surface area contributed by atoms with Crippen molar-refractivity contribution in [1.29, 1.82) is 0 Å². The second kappa shape index (κ2) is 4.41. The van der Waals surface area contributed by atoms with Gasteiger partial charge in [0.2, 0.25) is 0 Å². The van der Waals surface area contributed by atoms with Crippen LogP contribution in [0.15, 0.2) is 36.4 Å². The summed E-state index contributed by atoms with van der Waals surface area (Å²) in [5.41, 5.74) is 2.59. The third-order valence-corrected chi connectivity index (χ3v) is 4.12. The number of fused-ring (bicyclic) bond motifs is 3. The fraction of sp³-hybridized carbons (Fsp3) is 0.235. The van der Waals surface area contributed by atoms with E-state index in [2.05, 4.69) is 0 Å². The molecule has 0 unspecified atom stereocenters. The van der Waals surface area contributed by atoms with Crippen LogP contribution in [0, 0.1) is 0 Å². The molecule has 0 radical (unpaired) electrons. The summed E-state index contributed by atoms with van der Waals surface area (Å²) in [7, 11) is 0. The van der Waals surface area contributed by atoms with Gasteiger partial charge in [-0.25, -0.2) is 4.79 Å². The van der Waals surface area contributed by atoms with Gasteiger partial charge >= 0.3 is 5.97 Å². The first kappa shape index (κ1) is 12.6. The highest BCUT2D eigenvalue weighted by Crippen LogP contribution is 2.36. The van der Waals surface area contributed by atoms with Crippen LogP contribution in [0.2, 0.25) is 0 Å². The lowest BCUT2D eigenvalue weighted by Gasteiger charge is -2.28. The fourth-order valence-corrected chi connectivity index (χ4v) is 3.09. The first-order chi connectivity index (χ1) is 10.2. The molecule has 1 N–H and O–H groups in total. The number of rotatable bonds is 1. The van der Waals surface area contributed by atoms with Crippen LogP contribution in [-0.4, -0.2) is 30.1 Å². The van der Waals surface area contributed by atoms with E-state index in [1.807, 2.05) is 30.4 Å². The van der Waals surface area contributed by atoms with E-state index in [0.717, 1.165) is 21.9 Å². The smallest absolute Gasteiger partial charge is 0.335 e. The van der Waals surface area contributed by atoms with Crippen molar-refractivity contribution in [2.45, 2.75) is 12.2 Å². The molecule has 1 heterocycles. The van der Waals surface area contributed by atoms with Gasteiger partial charge in [0.05, 0.1) is 18.8 Å². The molecule has 4 rings (SSSR count). The summed E-state index contributed by atoms with van der Waals surface area (Å²) in [5.74, 6) is -1.52. The number of carboxylic acids is 1. The van der Waals surface area contributed by atoms with Crippen LogP contribution in [0.3, 0.4) is 0 Å². The Kier molecular flexibility index (Phi) is 2.64. The molecule has 0 amide bonds. The van der Waals surface area contributed by atoms with Gasteiger partial charge < -0.3 is 14.6 Å². The maximum atomic E-state index is 11.1. The highest BCUT2D eigenvalue weighted by Gasteiger charge is 2.36. The predicted octanol–water partition coefficient (Wildman–Crippen LogP) is 2.85. The lowest BCUT2D eigenvalue weighted by Crippen LogP contribution is -2.32. The Morgan fingerprint density at radius 1 is 1.14 bits per heavy atom. The lowest BCUT2D eigenvalue weighted by atomic mass is 9.89. The molecule has 106 valence electrons. The van der Waals surface area contributed by atoms with Gasteiger partial charge in [0.1, 0.15) is 0 Å². The molecule has 1 spiro atoms. The molecule has 1 saturated heterocycles. The number of hydrogen-bond acceptors (Lipinski definition) is 3. The molecule has 4 nitrogen and oxygen atoms in total. The monoisotopic (exact) mass is 282 g/mol. The van der Waals surface area contributed by atoms with Crippen molar-refractivity contribution >= 4 is 22.8 Å². The molecule has 4 heteroatoms. The molecule has 2 aromatic carbocycles. The Bertz CT molecular complexity index is 770. The summed E-state index contributed by atoms with van der Waals surface area (Å²) in [6.07, 6.45) is 4.68. The van der Waals surface area contributed by atoms with Gasteiger partial charge in [0.25, 0.3) is 0 Å². The SMILES string of the molecule is O=C(O)c1ccc2c3c(ccc2c1)CC1(C=C3)OCCO1. The number of ether oxygens (including phenoxy) is 2. The number of carboxylic acid groups (broad SMARTS) is 1. The minimum absolute atomic E-state index is 0.307. The van der Waals surface area contributed by atoms with Crippen molar-refractivity contribution < 1.29 is 19.4 Å². The molecule has 21 heavy (non-hydrogen) atoms. The summed E-state index contributed by atoms with van der Waals surface area (Å²) in [4.78, 5) is 11.1. The van der Waals surface area contributed by atoms with Crippen LogP contribution >= 0.6 is 0 Å². The van der Waals surface area contributed by atoms with E-state index in [4.69, 9.17) is 14.6 Å². The predicted molar refractivity (Wildman–Crippen MR) is 78.3 cm³/mol. The molecule has 2 aromatic rings. The van der Waals surface area contributed by atoms with Crippen molar-refractivity contribution in [2.24, 2.45) is 0 Å². The van der Waals surface area contributed by atoms with Gasteiger partial charge in [-0.3, -0.25) is 0 Å². The highest BCUT2D eigenvalue weighted by atomic mass is 16.7. The van der Waals surface area contributed by atoms with Gasteiger partial charge in [-0.15, -0.1) is 0 Å². The van der Waals surface area contributed by atoms with Crippen molar-refractivity contribution in [3.63, 3.8) is 0 Å². The van der Waals surface area contributed by atoms with E-state index in [9.17, 15) is 4.79 Å². The van der Waals surface area contributed by atoms with Crippen LogP contribution in [0.1, 0.15) is 21.5 Å². The van der Waals surface area contributed by atoms with E-state index in [0.29, 0.717) is 25.2 Å². The average molecular weight is 282 g/mol. The summed E-state index contributed by atoms with van der Waals surface area (Å²) in [6.45, 7) is 1.24. The number of aromatic carboxylic acids is 1. The van der Waals surface area contributed by atoms with E-state index in [-0.39, 0.29) is 0 Å². The van der Waals surface area contributed by atoms with E-state index >= 15 is 0 Å². The summed E-state index contributed by atoms with van der Waals surface area (Å²) in [6, 6.07) is 9.21. The molecule has 1 aliphatic carbocycles. The van der Waals surface area contributed by atoms with Crippen molar-refractivity contribution in [3.8, 4) is 0 Å². The van der Waals surface area contributed by atoms with Crippen LogP contribution in [-0.2, 0) is 15.9 Å². The second-order valence-electron chi connectivity index (χ2n) is 5.40. The lowest BCUT2D eigenvalue weighted by molar-refractivity contribution is -0.115. The van der Waals surface area contributed by atoms with Crippen molar-refractivity contribution in [1.82, 2.24) is 0 Å². The van der Waals surface area contributed by atoms with Gasteiger partial charge in [-0.1, -0.05) is 24.3 Å². The molecule has 1 aliphatic heterocycles. The molecule has 0 saturated carbocycles. The second-order valence-corrected chi connectivity index (χ2v) is 5.40. The normalized spacial score (nSPS) is 19.0. The Hall–Kier alpha value is -2.17. The fourth-order valence-electron chi connectivity index (χ4n) is 3.09. The zero-order valence-electron chi connectivity index (χ0n) is 11.3. The topological polar surface area (TPSA) is 55.8 Å². The molecule has 0 atom stereocenters. The van der Waals surface area contributed by atoms with Gasteiger partial charge in [0.15, 0.2) is 5.79 Å². The summed E-state index contributed by atoms with van der Waals surface area (Å²) >= 11 is 0. The number of hydrogen-bond donors (Lipinski definition) is 1. The third-order valence-electron chi connectivity index (χ3n) is 4.12. The van der Waals surface area contributed by atoms with Gasteiger partial charge in [-0.05, 0) is 40.1 Å². The molecular formula is C17H14O4. The van der Waals surface area contributed by atoms with E-state index in [1.54, 1.807) is 12.1 Å². The number of benzene rings is 2. The molecule has 1 fully saturated rings.